The molecule has 0 saturated heterocycles. The van der Waals surface area contributed by atoms with Crippen LogP contribution in [0.3, 0.4) is 0 Å². The van der Waals surface area contributed by atoms with Crippen molar-refractivity contribution in [2.75, 3.05) is 0 Å². The Morgan fingerprint density at radius 3 is 1.92 bits per heavy atom. The van der Waals surface area contributed by atoms with Gasteiger partial charge < -0.3 is 0 Å². The molecule has 13 heavy (non-hydrogen) atoms. The highest BCUT2D eigenvalue weighted by atomic mass is 32.2. The van der Waals surface area contributed by atoms with Gasteiger partial charge in [-0.15, -0.1) is 0 Å². The van der Waals surface area contributed by atoms with Gasteiger partial charge in [-0.2, -0.15) is 0 Å². The van der Waals surface area contributed by atoms with Crippen molar-refractivity contribution >= 4 is 9.84 Å². The Labute approximate surface area is 78.3 Å². The maximum atomic E-state index is 12.2. The molecule has 0 aromatic rings. The number of rotatable bonds is 0. The highest BCUT2D eigenvalue weighted by Gasteiger charge is 2.73. The van der Waals surface area contributed by atoms with E-state index in [0.29, 0.717) is 0 Å². The van der Waals surface area contributed by atoms with Gasteiger partial charge in [-0.25, -0.2) is 8.42 Å². The average Bonchev–Trinajstić information content (AvgIpc) is 2.68. The van der Waals surface area contributed by atoms with E-state index in [0.717, 1.165) is 0 Å². The molecule has 2 nitrogen and oxygen atoms in total. The van der Waals surface area contributed by atoms with E-state index in [1.54, 1.807) is 6.92 Å². The van der Waals surface area contributed by atoms with E-state index < -0.39 is 19.3 Å². The van der Waals surface area contributed by atoms with E-state index in [1.807, 2.05) is 19.1 Å². The number of hydrogen-bond acceptors (Lipinski definition) is 2. The molecule has 0 N–H and O–H groups in total. The Kier molecular flexibility index (Phi) is 0.991. The van der Waals surface area contributed by atoms with Gasteiger partial charge in [-0.1, -0.05) is 24.3 Å². The first-order chi connectivity index (χ1) is 5.93. The van der Waals surface area contributed by atoms with E-state index in [-0.39, 0.29) is 11.8 Å². The monoisotopic (exact) mass is 196 g/mol. The zero-order valence-electron chi connectivity index (χ0n) is 7.69. The van der Waals surface area contributed by atoms with Crippen LogP contribution in [0.1, 0.15) is 13.8 Å². The largest absolute Gasteiger partial charge is 0.227 e. The van der Waals surface area contributed by atoms with E-state index >= 15 is 0 Å². The fraction of sp³-hybridized carbons (Fsp3) is 0.600. The SMILES string of the molecule is CC12C=C[C@@H]3[C@@H](C=C1)C3(C)S2(=O)=O. The van der Waals surface area contributed by atoms with Crippen molar-refractivity contribution in [3.63, 3.8) is 0 Å². The van der Waals surface area contributed by atoms with Crippen molar-refractivity contribution in [2.45, 2.75) is 23.3 Å². The molecule has 0 unspecified atom stereocenters. The molecule has 0 aromatic heterocycles. The third kappa shape index (κ3) is 0.539. The van der Waals surface area contributed by atoms with Crippen molar-refractivity contribution in [2.24, 2.45) is 11.8 Å². The Morgan fingerprint density at radius 2 is 1.54 bits per heavy atom. The van der Waals surface area contributed by atoms with Crippen LogP contribution in [0.15, 0.2) is 24.3 Å². The molecule has 1 fully saturated rings. The van der Waals surface area contributed by atoms with Gasteiger partial charge >= 0.3 is 0 Å². The first kappa shape index (κ1) is 7.80. The van der Waals surface area contributed by atoms with E-state index in [1.165, 1.54) is 0 Å². The summed E-state index contributed by atoms with van der Waals surface area (Å²) in [5.74, 6) is 0.480. The summed E-state index contributed by atoms with van der Waals surface area (Å²) in [6, 6.07) is 0. The van der Waals surface area contributed by atoms with Gasteiger partial charge in [0, 0.05) is 11.8 Å². The molecule has 3 heteroatoms. The maximum absolute atomic E-state index is 12.2. The number of allylic oxidation sites excluding steroid dienone is 2. The zero-order valence-corrected chi connectivity index (χ0v) is 8.51. The van der Waals surface area contributed by atoms with Gasteiger partial charge in [-0.05, 0) is 13.8 Å². The van der Waals surface area contributed by atoms with E-state index in [9.17, 15) is 8.42 Å². The Bertz CT molecular complexity index is 422. The first-order valence-corrected chi connectivity index (χ1v) is 6.05. The van der Waals surface area contributed by atoms with Crippen LogP contribution in [0.25, 0.3) is 0 Å². The second-order valence-corrected chi connectivity index (χ2v) is 7.41. The normalized spacial score (nSPS) is 59.2. The molecule has 0 spiro atoms. The summed E-state index contributed by atoms with van der Waals surface area (Å²) in [7, 11) is -3.00. The molecule has 70 valence electrons. The Hall–Kier alpha value is -0.570. The molecule has 0 aromatic carbocycles. The standard InChI is InChI=1S/C10H12O2S/c1-9-5-3-7-8(4-6-9)10(7,2)13(9,11)12/h3-8H,1-2H3/t7-,8-,9?,10?/m1/s1. The van der Waals surface area contributed by atoms with Crippen molar-refractivity contribution < 1.29 is 8.42 Å². The lowest BCUT2D eigenvalue weighted by Gasteiger charge is -2.32. The quantitative estimate of drug-likeness (QED) is 0.547. The van der Waals surface area contributed by atoms with Crippen LogP contribution in [0.4, 0.5) is 0 Å². The predicted molar refractivity (Wildman–Crippen MR) is 51.0 cm³/mol. The average molecular weight is 196 g/mol. The topological polar surface area (TPSA) is 34.1 Å². The third-order valence-corrected chi connectivity index (χ3v) is 7.16. The highest BCUT2D eigenvalue weighted by molar-refractivity contribution is 7.95. The molecular weight excluding hydrogens is 184 g/mol. The fourth-order valence-electron chi connectivity index (χ4n) is 2.83. The summed E-state index contributed by atoms with van der Waals surface area (Å²) < 4.78 is 23.1. The molecule has 1 aliphatic carbocycles. The van der Waals surface area contributed by atoms with Gasteiger partial charge in [0.1, 0.15) is 4.75 Å². The van der Waals surface area contributed by atoms with E-state index in [2.05, 4.69) is 12.2 Å². The lowest BCUT2D eigenvalue weighted by molar-refractivity contribution is 0.553. The molecule has 2 bridgehead atoms. The molecule has 2 atom stereocenters. The van der Waals surface area contributed by atoms with Crippen LogP contribution in [0, 0.1) is 11.8 Å². The van der Waals surface area contributed by atoms with E-state index in [4.69, 9.17) is 0 Å². The number of hydrogen-bond donors (Lipinski definition) is 0. The third-order valence-electron chi connectivity index (χ3n) is 4.03. The molecule has 3 rings (SSSR count). The van der Waals surface area contributed by atoms with Crippen LogP contribution >= 0.6 is 0 Å². The van der Waals surface area contributed by atoms with Crippen LogP contribution in [0.5, 0.6) is 0 Å². The second kappa shape index (κ2) is 1.65. The van der Waals surface area contributed by atoms with Crippen LogP contribution < -0.4 is 0 Å². The van der Waals surface area contributed by atoms with Crippen LogP contribution in [0.2, 0.25) is 0 Å². The summed E-state index contributed by atoms with van der Waals surface area (Å²) >= 11 is 0. The minimum atomic E-state index is -3.00. The fourth-order valence-corrected chi connectivity index (χ4v) is 5.39. The molecule has 3 aliphatic rings. The zero-order chi connectivity index (χ0) is 9.48. The van der Waals surface area contributed by atoms with Crippen molar-refractivity contribution in [3.8, 4) is 0 Å². The van der Waals surface area contributed by atoms with Crippen LogP contribution in [-0.4, -0.2) is 17.9 Å². The summed E-state index contributed by atoms with van der Waals surface area (Å²) in [6.45, 7) is 3.66. The summed E-state index contributed by atoms with van der Waals surface area (Å²) in [5.41, 5.74) is 0. The predicted octanol–water partition coefficient (Wildman–Crippen LogP) is 1.30. The molecule has 2 aliphatic heterocycles. The van der Waals surface area contributed by atoms with Crippen LogP contribution in [-0.2, 0) is 9.84 Å². The molecular formula is C10H12O2S. The smallest absolute Gasteiger partial charge is 0.169 e. The lowest BCUT2D eigenvalue weighted by atomic mass is 10.1. The summed E-state index contributed by atoms with van der Waals surface area (Å²) in [5, 5.41) is 0. The number of sulfone groups is 1. The van der Waals surface area contributed by atoms with Crippen molar-refractivity contribution in [3.05, 3.63) is 24.3 Å². The minimum absolute atomic E-state index is 0.240. The highest BCUT2D eigenvalue weighted by Crippen LogP contribution is 2.65. The maximum Gasteiger partial charge on any atom is 0.169 e. The first-order valence-electron chi connectivity index (χ1n) is 4.56. The Balaban J connectivity index is 2.41. The summed E-state index contributed by atoms with van der Waals surface area (Å²) in [6.07, 6.45) is 7.84. The number of fused-ring (bicyclic) bond motifs is 2. The lowest BCUT2D eigenvalue weighted by Crippen LogP contribution is -2.44. The second-order valence-electron chi connectivity index (χ2n) is 4.64. The van der Waals surface area contributed by atoms with Gasteiger partial charge in [0.05, 0.1) is 4.75 Å². The van der Waals surface area contributed by atoms with Gasteiger partial charge in [-0.3, -0.25) is 0 Å². The van der Waals surface area contributed by atoms with Crippen molar-refractivity contribution in [1.82, 2.24) is 0 Å². The Morgan fingerprint density at radius 1 is 1.08 bits per heavy atom. The molecule has 0 amide bonds. The molecule has 1 saturated carbocycles. The van der Waals surface area contributed by atoms with Crippen molar-refractivity contribution in [1.29, 1.82) is 0 Å². The minimum Gasteiger partial charge on any atom is -0.227 e. The van der Waals surface area contributed by atoms with Gasteiger partial charge in [0.25, 0.3) is 0 Å². The molecule has 2 heterocycles. The van der Waals surface area contributed by atoms with Gasteiger partial charge in [0.2, 0.25) is 0 Å². The summed E-state index contributed by atoms with van der Waals surface area (Å²) in [4.78, 5) is 0. The molecule has 0 radical (unpaired) electrons. The van der Waals surface area contributed by atoms with Gasteiger partial charge in [0.15, 0.2) is 9.84 Å².